The van der Waals surface area contributed by atoms with Crippen LogP contribution >= 0.6 is 0 Å². The van der Waals surface area contributed by atoms with Crippen LogP contribution in [0.15, 0.2) is 0 Å². The molecule has 0 aromatic rings. The van der Waals surface area contributed by atoms with E-state index >= 15 is 0 Å². The summed E-state index contributed by atoms with van der Waals surface area (Å²) in [5.74, 6) is -0.470. The van der Waals surface area contributed by atoms with Crippen LogP contribution in [0.3, 0.4) is 0 Å². The van der Waals surface area contributed by atoms with Gasteiger partial charge < -0.3 is 15.0 Å². The predicted molar refractivity (Wildman–Crippen MR) is 69.5 cm³/mol. The van der Waals surface area contributed by atoms with Gasteiger partial charge in [-0.15, -0.1) is 0 Å². The summed E-state index contributed by atoms with van der Waals surface area (Å²) in [5.41, 5.74) is 0. The normalized spacial score (nSPS) is 24.4. The number of ether oxygens (including phenoxy) is 1. The van der Waals surface area contributed by atoms with Crippen molar-refractivity contribution in [3.05, 3.63) is 0 Å². The Labute approximate surface area is 117 Å². The fourth-order valence-corrected chi connectivity index (χ4v) is 2.72. The number of rotatable bonds is 5. The van der Waals surface area contributed by atoms with Gasteiger partial charge >= 0.3 is 12.3 Å². The highest BCUT2D eigenvalue weighted by Crippen LogP contribution is 2.30. The van der Waals surface area contributed by atoms with Crippen LogP contribution in [0, 0.1) is 5.92 Å². The molecule has 0 radical (unpaired) electrons. The van der Waals surface area contributed by atoms with Crippen molar-refractivity contribution in [2.24, 2.45) is 5.92 Å². The summed E-state index contributed by atoms with van der Waals surface area (Å²) in [6.45, 7) is 5.70. The molecule has 2 atom stereocenters. The molecule has 0 aromatic carbocycles. The maximum Gasteiger partial charge on any atom is 0.407 e. The summed E-state index contributed by atoms with van der Waals surface area (Å²) >= 11 is 0. The van der Waals surface area contributed by atoms with Crippen LogP contribution in [-0.4, -0.2) is 49.5 Å². The van der Waals surface area contributed by atoms with Gasteiger partial charge in [-0.2, -0.15) is 13.2 Å². The van der Waals surface area contributed by atoms with E-state index in [-0.39, 0.29) is 12.6 Å². The maximum absolute atomic E-state index is 12.5. The molecule has 7 heteroatoms. The Balaban J connectivity index is 2.58. The Hall–Kier alpha value is -0.980. The highest BCUT2D eigenvalue weighted by atomic mass is 19.4. The smallest absolute Gasteiger partial charge is 0.407 e. The molecule has 1 aliphatic rings. The number of hydrogen-bond donors (Lipinski definition) is 1. The van der Waals surface area contributed by atoms with E-state index < -0.39 is 24.6 Å². The quantitative estimate of drug-likeness (QED) is 0.848. The van der Waals surface area contributed by atoms with Crippen molar-refractivity contribution in [2.45, 2.75) is 45.3 Å². The van der Waals surface area contributed by atoms with Gasteiger partial charge in [0.1, 0.15) is 0 Å². The second-order valence-electron chi connectivity index (χ2n) is 5.24. The molecule has 0 aromatic heterocycles. The number of carbonyl (C=O) groups is 1. The second kappa shape index (κ2) is 7.71. The van der Waals surface area contributed by atoms with E-state index in [9.17, 15) is 18.0 Å². The molecule has 4 nitrogen and oxygen atoms in total. The molecule has 2 unspecified atom stereocenters. The van der Waals surface area contributed by atoms with Gasteiger partial charge in [0, 0.05) is 25.6 Å². The van der Waals surface area contributed by atoms with Crippen molar-refractivity contribution in [2.75, 3.05) is 26.2 Å². The lowest BCUT2D eigenvalue weighted by atomic mass is 9.91. The van der Waals surface area contributed by atoms with E-state index in [1.165, 1.54) is 0 Å². The van der Waals surface area contributed by atoms with Crippen LogP contribution in [0.5, 0.6) is 0 Å². The van der Waals surface area contributed by atoms with Crippen LogP contribution in [-0.2, 0) is 4.74 Å². The number of nitrogens with one attached hydrogen (secondary N) is 1. The number of carbonyl (C=O) groups excluding carboxylic acids is 1. The summed E-state index contributed by atoms with van der Waals surface area (Å²) in [6.07, 6.45) is -4.28. The Morgan fingerprint density at radius 1 is 1.35 bits per heavy atom. The SMILES string of the molecule is CCCN1CC(CC(F)(F)F)CC(NC(=O)OCC)C1. The average Bonchev–Trinajstić information content (AvgIpc) is 2.26. The lowest BCUT2D eigenvalue weighted by molar-refractivity contribution is -0.148. The number of nitrogens with zero attached hydrogens (tertiary/aromatic N) is 1. The summed E-state index contributed by atoms with van der Waals surface area (Å²) in [6, 6.07) is -0.276. The van der Waals surface area contributed by atoms with Gasteiger partial charge in [0.05, 0.1) is 6.61 Å². The predicted octanol–water partition coefficient (Wildman–Crippen LogP) is 2.79. The first-order chi connectivity index (χ1) is 9.34. The molecule has 0 aliphatic carbocycles. The van der Waals surface area contributed by atoms with E-state index in [2.05, 4.69) is 5.32 Å². The molecule has 1 aliphatic heterocycles. The third kappa shape index (κ3) is 6.45. The number of halogens is 3. The van der Waals surface area contributed by atoms with Crippen LogP contribution < -0.4 is 5.32 Å². The van der Waals surface area contributed by atoms with Crippen LogP contribution in [0.2, 0.25) is 0 Å². The summed E-state index contributed by atoms with van der Waals surface area (Å²) in [7, 11) is 0. The van der Waals surface area contributed by atoms with Crippen molar-refractivity contribution >= 4 is 6.09 Å². The van der Waals surface area contributed by atoms with E-state index in [0.717, 1.165) is 13.0 Å². The minimum absolute atomic E-state index is 0.253. The van der Waals surface area contributed by atoms with Gasteiger partial charge in [-0.3, -0.25) is 0 Å². The van der Waals surface area contributed by atoms with E-state index in [1.54, 1.807) is 6.92 Å². The first-order valence-corrected chi connectivity index (χ1v) is 7.06. The highest BCUT2D eigenvalue weighted by Gasteiger charge is 2.36. The van der Waals surface area contributed by atoms with Gasteiger partial charge in [-0.05, 0) is 32.2 Å². The molecule has 1 fully saturated rings. The maximum atomic E-state index is 12.5. The lowest BCUT2D eigenvalue weighted by Crippen LogP contribution is -2.51. The first kappa shape index (κ1) is 17.1. The average molecular weight is 296 g/mol. The molecule has 1 saturated heterocycles. The molecular formula is C13H23F3N2O2. The third-order valence-electron chi connectivity index (χ3n) is 3.27. The summed E-state index contributed by atoms with van der Waals surface area (Å²) in [5, 5.41) is 2.65. The van der Waals surface area contributed by atoms with Crippen molar-refractivity contribution < 1.29 is 22.7 Å². The summed E-state index contributed by atoms with van der Waals surface area (Å²) in [4.78, 5) is 13.4. The van der Waals surface area contributed by atoms with Crippen molar-refractivity contribution in [3.8, 4) is 0 Å². The molecule has 0 saturated carbocycles. The Morgan fingerprint density at radius 3 is 2.60 bits per heavy atom. The van der Waals surface area contributed by atoms with Gasteiger partial charge in [0.15, 0.2) is 0 Å². The largest absolute Gasteiger partial charge is 0.450 e. The molecule has 0 bridgehead atoms. The molecule has 1 amide bonds. The minimum Gasteiger partial charge on any atom is -0.450 e. The molecular weight excluding hydrogens is 273 g/mol. The first-order valence-electron chi connectivity index (χ1n) is 7.06. The lowest BCUT2D eigenvalue weighted by Gasteiger charge is -2.38. The van der Waals surface area contributed by atoms with Crippen molar-refractivity contribution in [3.63, 3.8) is 0 Å². The topological polar surface area (TPSA) is 41.6 Å². The minimum atomic E-state index is -4.16. The number of piperidine rings is 1. The molecule has 20 heavy (non-hydrogen) atoms. The number of likely N-dealkylation sites (tertiary alicyclic amines) is 1. The number of hydrogen-bond acceptors (Lipinski definition) is 3. The van der Waals surface area contributed by atoms with Gasteiger partial charge in [-0.25, -0.2) is 4.79 Å². The van der Waals surface area contributed by atoms with Gasteiger partial charge in [0.25, 0.3) is 0 Å². The molecule has 1 rings (SSSR count). The van der Waals surface area contributed by atoms with Gasteiger partial charge in [0.2, 0.25) is 0 Å². The van der Waals surface area contributed by atoms with Gasteiger partial charge in [-0.1, -0.05) is 6.92 Å². The van der Waals surface area contributed by atoms with Crippen LogP contribution in [0.25, 0.3) is 0 Å². The standard InChI is InChI=1S/C13H23F3N2O2/c1-3-5-18-8-10(7-13(14,15)16)6-11(9-18)17-12(19)20-4-2/h10-11H,3-9H2,1-2H3,(H,17,19). The Kier molecular flexibility index (Phi) is 6.58. The highest BCUT2D eigenvalue weighted by molar-refractivity contribution is 5.67. The van der Waals surface area contributed by atoms with Crippen molar-refractivity contribution in [1.82, 2.24) is 10.2 Å². The zero-order valence-electron chi connectivity index (χ0n) is 12.0. The molecule has 1 N–H and O–H groups in total. The van der Waals surface area contributed by atoms with Crippen LogP contribution in [0.4, 0.5) is 18.0 Å². The Morgan fingerprint density at radius 2 is 2.05 bits per heavy atom. The van der Waals surface area contributed by atoms with Crippen molar-refractivity contribution in [1.29, 1.82) is 0 Å². The molecule has 0 spiro atoms. The number of alkyl carbamates (subject to hydrolysis) is 1. The zero-order valence-corrected chi connectivity index (χ0v) is 12.0. The monoisotopic (exact) mass is 296 g/mol. The molecule has 1 heterocycles. The second-order valence-corrected chi connectivity index (χ2v) is 5.24. The fourth-order valence-electron chi connectivity index (χ4n) is 2.72. The Bertz CT molecular complexity index is 310. The van der Waals surface area contributed by atoms with E-state index in [0.29, 0.717) is 19.5 Å². The number of alkyl halides is 3. The van der Waals surface area contributed by atoms with E-state index in [1.807, 2.05) is 11.8 Å². The summed E-state index contributed by atoms with van der Waals surface area (Å²) < 4.78 is 42.4. The fraction of sp³-hybridized carbons (Fsp3) is 0.923. The molecule has 118 valence electrons. The number of amides is 1. The van der Waals surface area contributed by atoms with E-state index in [4.69, 9.17) is 4.74 Å². The van der Waals surface area contributed by atoms with Crippen LogP contribution in [0.1, 0.15) is 33.1 Å². The zero-order chi connectivity index (χ0) is 15.2. The third-order valence-corrected chi connectivity index (χ3v) is 3.27.